The van der Waals surface area contributed by atoms with Crippen LogP contribution in [0.15, 0.2) is 53.4 Å². The zero-order valence-corrected chi connectivity index (χ0v) is 24.0. The van der Waals surface area contributed by atoms with Gasteiger partial charge in [-0.2, -0.15) is 0 Å². The van der Waals surface area contributed by atoms with Crippen molar-refractivity contribution in [3.63, 3.8) is 0 Å². The van der Waals surface area contributed by atoms with Crippen molar-refractivity contribution in [1.29, 1.82) is 0 Å². The first-order valence-electron chi connectivity index (χ1n) is 13.0. The van der Waals surface area contributed by atoms with Crippen LogP contribution in [0.3, 0.4) is 0 Å². The lowest BCUT2D eigenvalue weighted by Crippen LogP contribution is -2.29. The minimum atomic E-state index is -3.63. The Morgan fingerprint density at radius 3 is 2.48 bits per heavy atom. The van der Waals surface area contributed by atoms with Gasteiger partial charge in [-0.05, 0) is 49.7 Å². The van der Waals surface area contributed by atoms with E-state index >= 15 is 0 Å². The summed E-state index contributed by atoms with van der Waals surface area (Å²) in [5.41, 5.74) is 1.87. The van der Waals surface area contributed by atoms with Gasteiger partial charge in [0.05, 0.1) is 10.8 Å². The molecule has 1 saturated heterocycles. The SMILES string of the molecule is CCCCN1CC(C(=O)Nc2ccc(C(=O)Nc3nnc(CCNS(=O)(=O)c4ccc(C)cc4)s3)cc2)CC1=O. The van der Waals surface area contributed by atoms with Crippen molar-refractivity contribution in [1.82, 2.24) is 19.8 Å². The number of nitrogens with one attached hydrogen (secondary N) is 3. The number of anilines is 2. The monoisotopic (exact) mass is 584 g/mol. The van der Waals surface area contributed by atoms with Crippen LogP contribution in [0.1, 0.15) is 47.1 Å². The van der Waals surface area contributed by atoms with Crippen LogP contribution >= 0.6 is 11.3 Å². The Morgan fingerprint density at radius 2 is 1.77 bits per heavy atom. The molecule has 0 spiro atoms. The molecule has 1 aliphatic heterocycles. The maximum atomic E-state index is 12.7. The lowest BCUT2D eigenvalue weighted by molar-refractivity contribution is -0.128. The van der Waals surface area contributed by atoms with Gasteiger partial charge >= 0.3 is 0 Å². The first kappa shape index (κ1) is 29.3. The number of carbonyl (C=O) groups is 3. The Hall–Kier alpha value is -3.68. The van der Waals surface area contributed by atoms with Crippen LogP contribution in [0.4, 0.5) is 10.8 Å². The predicted octanol–water partition coefficient (Wildman–Crippen LogP) is 3.21. The second-order valence-electron chi connectivity index (χ2n) is 9.58. The molecule has 0 bridgehead atoms. The second kappa shape index (κ2) is 13.1. The molecule has 1 fully saturated rings. The topological polar surface area (TPSA) is 150 Å². The Bertz CT molecular complexity index is 1460. The van der Waals surface area contributed by atoms with Gasteiger partial charge in [-0.1, -0.05) is 42.4 Å². The van der Waals surface area contributed by atoms with E-state index in [4.69, 9.17) is 0 Å². The fourth-order valence-electron chi connectivity index (χ4n) is 4.13. The van der Waals surface area contributed by atoms with Crippen LogP contribution in [0.2, 0.25) is 0 Å². The summed E-state index contributed by atoms with van der Waals surface area (Å²) in [6, 6.07) is 13.0. The van der Waals surface area contributed by atoms with Gasteiger partial charge in [-0.25, -0.2) is 13.1 Å². The van der Waals surface area contributed by atoms with Gasteiger partial charge in [-0.3, -0.25) is 19.7 Å². The zero-order valence-electron chi connectivity index (χ0n) is 22.3. The number of nitrogens with zero attached hydrogens (tertiary/aromatic N) is 3. The molecule has 4 rings (SSSR count). The van der Waals surface area contributed by atoms with Crippen molar-refractivity contribution in [2.24, 2.45) is 5.92 Å². The third-order valence-electron chi connectivity index (χ3n) is 6.43. The maximum Gasteiger partial charge on any atom is 0.257 e. The minimum Gasteiger partial charge on any atom is -0.342 e. The van der Waals surface area contributed by atoms with Gasteiger partial charge in [0.15, 0.2) is 0 Å². The molecule has 1 unspecified atom stereocenters. The normalized spacial score (nSPS) is 15.3. The molecular formula is C27H32N6O5S2. The quantitative estimate of drug-likeness (QED) is 0.296. The Morgan fingerprint density at radius 1 is 1.05 bits per heavy atom. The van der Waals surface area contributed by atoms with Gasteiger partial charge in [0.1, 0.15) is 5.01 Å². The van der Waals surface area contributed by atoms with Crippen molar-refractivity contribution in [2.45, 2.75) is 44.4 Å². The van der Waals surface area contributed by atoms with Crippen LogP contribution in [0.25, 0.3) is 0 Å². The highest BCUT2D eigenvalue weighted by molar-refractivity contribution is 7.89. The average molecular weight is 585 g/mol. The van der Waals surface area contributed by atoms with E-state index in [0.29, 0.717) is 35.8 Å². The third-order valence-corrected chi connectivity index (χ3v) is 8.81. The van der Waals surface area contributed by atoms with E-state index in [1.807, 2.05) is 6.92 Å². The molecular weight excluding hydrogens is 552 g/mol. The fourth-order valence-corrected chi connectivity index (χ4v) is 5.90. The molecule has 0 aliphatic carbocycles. The van der Waals surface area contributed by atoms with Gasteiger partial charge in [0, 0.05) is 43.7 Å². The summed E-state index contributed by atoms with van der Waals surface area (Å²) >= 11 is 1.16. The van der Waals surface area contributed by atoms with E-state index in [0.717, 1.165) is 29.7 Å². The highest BCUT2D eigenvalue weighted by Crippen LogP contribution is 2.22. The molecule has 212 valence electrons. The van der Waals surface area contributed by atoms with Crippen LogP contribution < -0.4 is 15.4 Å². The van der Waals surface area contributed by atoms with Crippen molar-refractivity contribution >= 4 is 49.9 Å². The van der Waals surface area contributed by atoms with Crippen LogP contribution in [0, 0.1) is 12.8 Å². The summed E-state index contributed by atoms with van der Waals surface area (Å²) in [6.07, 6.45) is 2.42. The minimum absolute atomic E-state index is 0.00370. The first-order chi connectivity index (χ1) is 19.1. The Labute approximate surface area is 237 Å². The predicted molar refractivity (Wildman–Crippen MR) is 153 cm³/mol. The van der Waals surface area contributed by atoms with Crippen LogP contribution in [-0.2, 0) is 26.0 Å². The first-order valence-corrected chi connectivity index (χ1v) is 15.3. The molecule has 1 aliphatic rings. The number of aromatic nitrogens is 2. The van der Waals surface area contributed by atoms with E-state index in [-0.39, 0.29) is 34.8 Å². The molecule has 40 heavy (non-hydrogen) atoms. The fraction of sp³-hybridized carbons (Fsp3) is 0.370. The summed E-state index contributed by atoms with van der Waals surface area (Å²) in [5.74, 6) is -0.999. The van der Waals surface area contributed by atoms with Gasteiger partial charge < -0.3 is 10.2 Å². The zero-order chi connectivity index (χ0) is 28.7. The van der Waals surface area contributed by atoms with Crippen molar-refractivity contribution in [3.8, 4) is 0 Å². The number of sulfonamides is 1. The van der Waals surface area contributed by atoms with Crippen molar-refractivity contribution in [2.75, 3.05) is 30.3 Å². The van der Waals surface area contributed by atoms with Gasteiger partial charge in [-0.15, -0.1) is 10.2 Å². The number of hydrogen-bond donors (Lipinski definition) is 3. The number of amides is 3. The number of carbonyl (C=O) groups excluding carboxylic acids is 3. The molecule has 0 radical (unpaired) electrons. The average Bonchev–Trinajstić information content (AvgIpc) is 3.53. The van der Waals surface area contributed by atoms with Gasteiger partial charge in [0.25, 0.3) is 5.91 Å². The van der Waals surface area contributed by atoms with E-state index in [9.17, 15) is 22.8 Å². The molecule has 2 heterocycles. The molecule has 1 atom stereocenters. The summed E-state index contributed by atoms with van der Waals surface area (Å²) in [6.45, 7) is 5.18. The molecule has 11 nitrogen and oxygen atoms in total. The number of likely N-dealkylation sites (tertiary alicyclic amines) is 1. The highest BCUT2D eigenvalue weighted by atomic mass is 32.2. The van der Waals surface area contributed by atoms with E-state index < -0.39 is 21.8 Å². The molecule has 13 heteroatoms. The van der Waals surface area contributed by atoms with E-state index in [1.165, 1.54) is 0 Å². The molecule has 3 amide bonds. The molecule has 3 N–H and O–H groups in total. The largest absolute Gasteiger partial charge is 0.342 e. The van der Waals surface area contributed by atoms with Crippen molar-refractivity contribution in [3.05, 3.63) is 64.7 Å². The Kier molecular flexibility index (Phi) is 9.61. The van der Waals surface area contributed by atoms with Crippen molar-refractivity contribution < 1.29 is 22.8 Å². The third kappa shape index (κ3) is 7.71. The summed E-state index contributed by atoms with van der Waals surface area (Å²) in [4.78, 5) is 39.4. The second-order valence-corrected chi connectivity index (χ2v) is 12.4. The smallest absolute Gasteiger partial charge is 0.257 e. The lowest BCUT2D eigenvalue weighted by atomic mass is 10.1. The van der Waals surface area contributed by atoms with Crippen LogP contribution in [-0.4, -0.2) is 60.9 Å². The molecule has 0 saturated carbocycles. The molecule has 3 aromatic rings. The summed E-state index contributed by atoms with van der Waals surface area (Å²) < 4.78 is 27.4. The summed E-state index contributed by atoms with van der Waals surface area (Å²) in [7, 11) is -3.63. The number of rotatable bonds is 12. The van der Waals surface area contributed by atoms with Crippen LogP contribution in [0.5, 0.6) is 0 Å². The molecule has 1 aromatic heterocycles. The Balaban J connectivity index is 1.24. The van der Waals surface area contributed by atoms with Gasteiger partial charge in [0.2, 0.25) is 27.0 Å². The number of unbranched alkanes of at least 4 members (excludes halogenated alkanes) is 1. The standard InChI is InChI=1S/C27H32N6O5S2/c1-3-4-15-33-17-20(16-24(33)34)26(36)29-21-9-7-19(8-10-21)25(35)30-27-32-31-23(39-27)13-14-28-40(37,38)22-11-5-18(2)6-12-22/h5-12,20,28H,3-4,13-17H2,1-2H3,(H,29,36)(H,30,32,35). The molecule has 2 aromatic carbocycles. The lowest BCUT2D eigenvalue weighted by Gasteiger charge is -2.16. The number of hydrogen-bond acceptors (Lipinski definition) is 8. The number of aryl methyl sites for hydroxylation is 1. The highest BCUT2D eigenvalue weighted by Gasteiger charge is 2.33. The summed E-state index contributed by atoms with van der Waals surface area (Å²) in [5, 5.41) is 14.4. The van der Waals surface area contributed by atoms with E-state index in [2.05, 4.69) is 32.5 Å². The number of benzene rings is 2. The maximum absolute atomic E-state index is 12.7. The van der Waals surface area contributed by atoms with E-state index in [1.54, 1.807) is 53.4 Å².